The number of nitrogens with zero attached hydrogens (tertiary/aromatic N) is 2. The number of rotatable bonds is 6. The van der Waals surface area contributed by atoms with E-state index in [0.29, 0.717) is 73.7 Å². The van der Waals surface area contributed by atoms with E-state index < -0.39 is 23.6 Å². The average Bonchev–Trinajstić information content (AvgIpc) is 3.71. The fourth-order valence-corrected chi connectivity index (χ4v) is 15.4. The van der Waals surface area contributed by atoms with Crippen LogP contribution in [0.1, 0.15) is 146 Å². The lowest BCUT2D eigenvalue weighted by Gasteiger charge is -2.63. The minimum Gasteiger partial charge on any atom is -0.444 e. The summed E-state index contributed by atoms with van der Waals surface area (Å²) in [4.78, 5) is 29.9. The Morgan fingerprint density at radius 2 is 1.55 bits per heavy atom. The molecule has 0 aromatic carbocycles. The van der Waals surface area contributed by atoms with Crippen molar-refractivity contribution in [3.05, 3.63) is 0 Å². The van der Waals surface area contributed by atoms with E-state index in [1.54, 1.807) is 18.7 Å². The van der Waals surface area contributed by atoms with Gasteiger partial charge < -0.3 is 39.0 Å². The van der Waals surface area contributed by atoms with E-state index in [-0.39, 0.29) is 52.5 Å². The number of fused-ring (bicyclic) bond motifs is 4. The number of hydrogen-bond acceptors (Lipinski definition) is 8. The molecule has 10 heteroatoms. The minimum absolute atomic E-state index is 0.00782. The fourth-order valence-electron chi connectivity index (χ4n) is 15.4. The van der Waals surface area contributed by atoms with E-state index in [9.17, 15) is 19.8 Å². The average molecular weight is 785 g/mol. The number of carbonyl (C=O) groups is 2. The Morgan fingerprint density at radius 3 is 2.23 bits per heavy atom. The van der Waals surface area contributed by atoms with Gasteiger partial charge in [-0.1, -0.05) is 34.6 Å². The Hall–Kier alpha value is -1.46. The van der Waals surface area contributed by atoms with Crippen molar-refractivity contribution < 1.29 is 38.7 Å². The lowest BCUT2D eigenvalue weighted by molar-refractivity contribution is -0.246. The SMILES string of the molecule is CC1CC([C@H](O)C(C)(C)O)OC2C[C@@]3(C)[C@@H]4CCC5C(C)(C)[C@@H](OC6CN(C(=O)CC7CCN(C(=O)OC(C)(C)C)CC7)CCO6)CC[C@@]56C[C@@]46CC[C@]3(C)C12. The van der Waals surface area contributed by atoms with E-state index >= 15 is 0 Å². The molecule has 10 nitrogen and oxygen atoms in total. The van der Waals surface area contributed by atoms with Crippen LogP contribution in [0.15, 0.2) is 0 Å². The van der Waals surface area contributed by atoms with Gasteiger partial charge in [0.15, 0.2) is 6.29 Å². The topological polar surface area (TPSA) is 118 Å². The summed E-state index contributed by atoms with van der Waals surface area (Å²) in [7, 11) is 0. The number of hydrogen-bond donors (Lipinski definition) is 2. The number of ether oxygens (including phenoxy) is 4. The van der Waals surface area contributed by atoms with Gasteiger partial charge in [-0.3, -0.25) is 4.79 Å². The second-order valence-corrected chi connectivity index (χ2v) is 23.0. The molecule has 8 fully saturated rings. The number of likely N-dealkylation sites (tertiary alicyclic amines) is 1. The second kappa shape index (κ2) is 13.8. The van der Waals surface area contributed by atoms with Gasteiger partial charge in [0.25, 0.3) is 0 Å². The van der Waals surface area contributed by atoms with Gasteiger partial charge in [-0.2, -0.15) is 0 Å². The van der Waals surface area contributed by atoms with Crippen LogP contribution in [0.25, 0.3) is 0 Å². The van der Waals surface area contributed by atoms with Crippen LogP contribution in [0, 0.1) is 56.7 Å². The summed E-state index contributed by atoms with van der Waals surface area (Å²) < 4.78 is 25.6. The zero-order valence-electron chi connectivity index (χ0n) is 36.5. The van der Waals surface area contributed by atoms with Gasteiger partial charge in [-0.25, -0.2) is 4.79 Å². The predicted molar refractivity (Wildman–Crippen MR) is 213 cm³/mol. The molecule has 5 aliphatic carbocycles. The number of amides is 2. The minimum atomic E-state index is -1.18. The highest BCUT2D eigenvalue weighted by Gasteiger charge is 2.83. The van der Waals surface area contributed by atoms with Crippen LogP contribution in [0.3, 0.4) is 0 Å². The Kier molecular flexibility index (Phi) is 10.2. The van der Waals surface area contributed by atoms with Gasteiger partial charge in [0.05, 0.1) is 37.1 Å². The molecule has 0 aromatic heterocycles. The first kappa shape index (κ1) is 41.3. The smallest absolute Gasteiger partial charge is 0.410 e. The zero-order valence-corrected chi connectivity index (χ0v) is 36.5. The monoisotopic (exact) mass is 785 g/mol. The fraction of sp³-hybridized carbons (Fsp3) is 0.957. The highest BCUT2D eigenvalue weighted by atomic mass is 16.7. The molecular formula is C46H76N2O8. The van der Waals surface area contributed by atoms with Gasteiger partial charge in [0.2, 0.25) is 5.91 Å². The van der Waals surface area contributed by atoms with Crippen molar-refractivity contribution in [3.8, 4) is 0 Å². The summed E-state index contributed by atoms with van der Waals surface area (Å²) in [6.07, 6.45) is 11.1. The van der Waals surface area contributed by atoms with Gasteiger partial charge in [0.1, 0.15) is 11.7 Å². The van der Waals surface area contributed by atoms with Gasteiger partial charge >= 0.3 is 6.09 Å². The first-order valence-corrected chi connectivity index (χ1v) is 22.6. The highest BCUT2D eigenvalue weighted by molar-refractivity contribution is 5.76. The van der Waals surface area contributed by atoms with Crippen molar-refractivity contribution in [3.63, 3.8) is 0 Å². The molecule has 6 unspecified atom stereocenters. The molecule has 318 valence electrons. The summed E-state index contributed by atoms with van der Waals surface area (Å²) >= 11 is 0. The number of piperidine rings is 1. The molecule has 5 saturated carbocycles. The van der Waals surface area contributed by atoms with Crippen LogP contribution in [0.2, 0.25) is 0 Å². The molecule has 3 heterocycles. The first-order chi connectivity index (χ1) is 26.0. The summed E-state index contributed by atoms with van der Waals surface area (Å²) in [6.45, 7) is 24.5. The lowest BCUT2D eigenvalue weighted by Crippen LogP contribution is -2.59. The summed E-state index contributed by atoms with van der Waals surface area (Å²) in [5.41, 5.74) is -0.516. The van der Waals surface area contributed by atoms with E-state index in [4.69, 9.17) is 18.9 Å². The van der Waals surface area contributed by atoms with E-state index in [1.807, 2.05) is 25.7 Å². The molecule has 2 amide bonds. The summed E-state index contributed by atoms with van der Waals surface area (Å²) in [5, 5.41) is 21.8. The molecule has 8 aliphatic rings. The van der Waals surface area contributed by atoms with Gasteiger partial charge in [-0.15, -0.1) is 0 Å². The molecule has 13 atom stereocenters. The maximum Gasteiger partial charge on any atom is 0.410 e. The van der Waals surface area contributed by atoms with Crippen LogP contribution >= 0.6 is 0 Å². The Balaban J connectivity index is 0.888. The van der Waals surface area contributed by atoms with E-state index in [2.05, 4.69) is 34.6 Å². The quantitative estimate of drug-likeness (QED) is 0.284. The van der Waals surface area contributed by atoms with Crippen molar-refractivity contribution in [1.29, 1.82) is 0 Å². The number of aliphatic hydroxyl groups is 2. The maximum absolute atomic E-state index is 13.6. The molecule has 0 bridgehead atoms. The predicted octanol–water partition coefficient (Wildman–Crippen LogP) is 7.57. The number of aliphatic hydroxyl groups excluding tert-OH is 1. The number of morpholine rings is 1. The van der Waals surface area contributed by atoms with Crippen LogP contribution in [-0.2, 0) is 23.7 Å². The molecule has 2 N–H and O–H groups in total. The Labute approximate surface area is 337 Å². The molecule has 3 aliphatic heterocycles. The maximum atomic E-state index is 13.6. The molecule has 8 rings (SSSR count). The molecule has 0 aromatic rings. The molecule has 56 heavy (non-hydrogen) atoms. The Bertz CT molecular complexity index is 1510. The summed E-state index contributed by atoms with van der Waals surface area (Å²) in [5.74, 6) is 2.67. The van der Waals surface area contributed by atoms with Crippen molar-refractivity contribution in [2.45, 2.75) is 188 Å². The second-order valence-electron chi connectivity index (χ2n) is 23.0. The molecule has 0 radical (unpaired) electrons. The van der Waals surface area contributed by atoms with E-state index in [0.717, 1.165) is 32.1 Å². The third-order valence-electron chi connectivity index (χ3n) is 18.2. The lowest BCUT2D eigenvalue weighted by atomic mass is 9.41. The van der Waals surface area contributed by atoms with Gasteiger partial charge in [0, 0.05) is 26.1 Å². The third kappa shape index (κ3) is 6.50. The van der Waals surface area contributed by atoms with Crippen molar-refractivity contribution in [1.82, 2.24) is 9.80 Å². The van der Waals surface area contributed by atoms with Crippen molar-refractivity contribution in [2.24, 2.45) is 56.7 Å². The molecule has 2 spiro atoms. The van der Waals surface area contributed by atoms with Crippen molar-refractivity contribution in [2.75, 3.05) is 32.8 Å². The summed E-state index contributed by atoms with van der Waals surface area (Å²) in [6, 6.07) is 0. The largest absolute Gasteiger partial charge is 0.444 e. The molecular weight excluding hydrogens is 709 g/mol. The van der Waals surface area contributed by atoms with Crippen LogP contribution in [0.4, 0.5) is 4.79 Å². The standard InChI is InChI=1S/C46H76N2O8/c1-28-23-30(38(50)42(7,8)52)54-31-25-44(10)33-12-11-32-41(5,6)34(13-16-45(32)27-46(33,45)18-17-43(44,9)37(28)31)55-36-26-48(21-22-53-36)35(49)24-29-14-19-47(20-15-29)39(51)56-40(2,3)4/h28-34,36-38,50,52H,11-27H2,1-10H3/t28?,30?,31?,32?,33-,34-,36?,37?,38-,43+,44-,45+,46-/m0/s1. The van der Waals surface area contributed by atoms with Crippen LogP contribution in [-0.4, -0.2) is 107 Å². The first-order valence-electron chi connectivity index (χ1n) is 22.6. The third-order valence-corrected chi connectivity index (χ3v) is 18.2. The van der Waals surface area contributed by atoms with Crippen LogP contribution in [0.5, 0.6) is 0 Å². The Morgan fingerprint density at radius 1 is 0.875 bits per heavy atom. The van der Waals surface area contributed by atoms with E-state index in [1.165, 1.54) is 38.5 Å². The molecule has 3 saturated heterocycles. The zero-order chi connectivity index (χ0) is 40.4. The highest BCUT2D eigenvalue weighted by Crippen LogP contribution is 2.89. The van der Waals surface area contributed by atoms with Gasteiger partial charge in [-0.05, 0) is 162 Å². The normalized spacial score (nSPS) is 45.4. The van der Waals surface area contributed by atoms with Crippen LogP contribution < -0.4 is 0 Å². The number of carbonyl (C=O) groups excluding carboxylic acids is 2. The van der Waals surface area contributed by atoms with Crippen molar-refractivity contribution >= 4 is 12.0 Å².